The summed E-state index contributed by atoms with van der Waals surface area (Å²) >= 11 is 0. The van der Waals surface area contributed by atoms with Crippen molar-refractivity contribution in [2.24, 2.45) is 11.7 Å². The van der Waals surface area contributed by atoms with Gasteiger partial charge in [0.25, 0.3) is 0 Å². The van der Waals surface area contributed by atoms with E-state index in [4.69, 9.17) is 5.73 Å². The zero-order chi connectivity index (χ0) is 13.2. The molecule has 0 saturated carbocycles. The lowest BCUT2D eigenvalue weighted by atomic mass is 10.1. The Bertz CT molecular complexity index is 448. The molecule has 4 nitrogen and oxygen atoms in total. The van der Waals surface area contributed by atoms with Crippen LogP contribution in [0.2, 0.25) is 0 Å². The van der Waals surface area contributed by atoms with Crippen LogP contribution in [0, 0.1) is 5.92 Å². The third kappa shape index (κ3) is 2.45. The average molecular weight is 259 g/mol. The Labute approximate surface area is 114 Å². The Morgan fingerprint density at radius 1 is 1.21 bits per heavy atom. The molecule has 2 N–H and O–H groups in total. The summed E-state index contributed by atoms with van der Waals surface area (Å²) in [5.74, 6) is 0.647. The predicted octanol–water partition coefficient (Wildman–Crippen LogP) is 1.07. The first-order valence-electron chi connectivity index (χ1n) is 7.07. The first-order chi connectivity index (χ1) is 9.28. The molecule has 4 heteroatoms. The van der Waals surface area contributed by atoms with Crippen LogP contribution in [0.15, 0.2) is 30.3 Å². The minimum absolute atomic E-state index is 0.287. The summed E-state index contributed by atoms with van der Waals surface area (Å²) < 4.78 is 0. The lowest BCUT2D eigenvalue weighted by molar-refractivity contribution is -0.129. The highest BCUT2D eigenvalue weighted by molar-refractivity contribution is 5.79. The maximum absolute atomic E-state index is 12.0. The maximum atomic E-state index is 12.0. The summed E-state index contributed by atoms with van der Waals surface area (Å²) in [6, 6.07) is 10.8. The predicted molar refractivity (Wildman–Crippen MR) is 75.9 cm³/mol. The Balaban J connectivity index is 1.65. The molecular weight excluding hydrogens is 238 g/mol. The number of nitrogens with zero attached hydrogens (tertiary/aromatic N) is 2. The molecule has 2 heterocycles. The Morgan fingerprint density at radius 2 is 2.00 bits per heavy atom. The molecule has 1 amide bonds. The number of rotatable bonds is 3. The van der Waals surface area contributed by atoms with Crippen LogP contribution in [0.4, 0.5) is 5.69 Å². The van der Waals surface area contributed by atoms with Gasteiger partial charge in [0.1, 0.15) is 0 Å². The summed E-state index contributed by atoms with van der Waals surface area (Å²) in [5.41, 5.74) is 6.94. The highest BCUT2D eigenvalue weighted by Gasteiger charge is 2.36. The maximum Gasteiger partial charge on any atom is 0.223 e. The van der Waals surface area contributed by atoms with Gasteiger partial charge in [-0.25, -0.2) is 0 Å². The largest absolute Gasteiger partial charge is 0.369 e. The number of likely N-dealkylation sites (tertiary alicyclic amines) is 1. The number of hydrogen-bond acceptors (Lipinski definition) is 3. The van der Waals surface area contributed by atoms with Gasteiger partial charge in [0.15, 0.2) is 0 Å². The van der Waals surface area contributed by atoms with Gasteiger partial charge in [0.05, 0.1) is 6.04 Å². The number of carbonyl (C=O) groups excluding carboxylic acids is 1. The van der Waals surface area contributed by atoms with Crippen LogP contribution in [-0.4, -0.2) is 43.0 Å². The quantitative estimate of drug-likeness (QED) is 0.883. The zero-order valence-corrected chi connectivity index (χ0v) is 11.2. The topological polar surface area (TPSA) is 49.6 Å². The normalized spacial score (nSPS) is 27.3. The van der Waals surface area contributed by atoms with E-state index in [2.05, 4.69) is 34.1 Å². The smallest absolute Gasteiger partial charge is 0.223 e. The molecule has 1 aromatic rings. The molecule has 2 atom stereocenters. The molecule has 1 aromatic carbocycles. The highest BCUT2D eigenvalue weighted by Crippen LogP contribution is 2.27. The first-order valence-corrected chi connectivity index (χ1v) is 7.07. The van der Waals surface area contributed by atoms with Gasteiger partial charge in [-0.15, -0.1) is 0 Å². The molecule has 19 heavy (non-hydrogen) atoms. The first kappa shape index (κ1) is 12.5. The van der Waals surface area contributed by atoms with E-state index in [1.165, 1.54) is 5.69 Å². The monoisotopic (exact) mass is 259 g/mol. The Hall–Kier alpha value is -1.55. The molecule has 2 unspecified atom stereocenters. The number of benzene rings is 1. The van der Waals surface area contributed by atoms with E-state index in [1.54, 1.807) is 0 Å². The minimum Gasteiger partial charge on any atom is -0.369 e. The van der Waals surface area contributed by atoms with Crippen molar-refractivity contribution in [1.82, 2.24) is 4.90 Å². The minimum atomic E-state index is 0.287. The van der Waals surface area contributed by atoms with Crippen LogP contribution in [0.25, 0.3) is 0 Å². The fraction of sp³-hybridized carbons (Fsp3) is 0.533. The number of para-hydroxylation sites is 1. The van der Waals surface area contributed by atoms with E-state index < -0.39 is 0 Å². The number of hydrogen-bond donors (Lipinski definition) is 1. The van der Waals surface area contributed by atoms with Gasteiger partial charge in [-0.2, -0.15) is 0 Å². The van der Waals surface area contributed by atoms with Crippen LogP contribution < -0.4 is 10.6 Å². The molecule has 2 aliphatic heterocycles. The van der Waals surface area contributed by atoms with Gasteiger partial charge in [-0.05, 0) is 31.0 Å². The van der Waals surface area contributed by atoms with Crippen molar-refractivity contribution in [3.63, 3.8) is 0 Å². The second kappa shape index (κ2) is 5.21. The lowest BCUT2D eigenvalue weighted by Gasteiger charge is -2.25. The van der Waals surface area contributed by atoms with Crippen LogP contribution in [0.1, 0.15) is 12.8 Å². The number of carbonyl (C=O) groups is 1. The fourth-order valence-corrected chi connectivity index (χ4v) is 3.19. The van der Waals surface area contributed by atoms with E-state index in [-0.39, 0.29) is 5.91 Å². The molecule has 102 valence electrons. The summed E-state index contributed by atoms with van der Waals surface area (Å²) in [5, 5.41) is 0. The van der Waals surface area contributed by atoms with Crippen molar-refractivity contribution in [3.8, 4) is 0 Å². The van der Waals surface area contributed by atoms with Crippen LogP contribution in [0.3, 0.4) is 0 Å². The van der Waals surface area contributed by atoms with E-state index in [9.17, 15) is 4.79 Å². The van der Waals surface area contributed by atoms with Gasteiger partial charge in [0, 0.05) is 31.7 Å². The summed E-state index contributed by atoms with van der Waals surface area (Å²) in [7, 11) is 0. The van der Waals surface area contributed by atoms with Crippen LogP contribution >= 0.6 is 0 Å². The molecule has 3 rings (SSSR count). The SMILES string of the molecule is NCC1CC(=O)N(C2CCN(c3ccccc3)C2)C1. The third-order valence-corrected chi connectivity index (χ3v) is 4.30. The lowest BCUT2D eigenvalue weighted by Crippen LogP contribution is -2.39. The molecule has 0 spiro atoms. The van der Waals surface area contributed by atoms with Gasteiger partial charge in [-0.3, -0.25) is 4.79 Å². The van der Waals surface area contributed by atoms with Crippen LogP contribution in [0.5, 0.6) is 0 Å². The van der Waals surface area contributed by atoms with Crippen molar-refractivity contribution in [2.75, 3.05) is 31.1 Å². The van der Waals surface area contributed by atoms with Crippen molar-refractivity contribution in [1.29, 1.82) is 0 Å². The van der Waals surface area contributed by atoms with Crippen molar-refractivity contribution in [2.45, 2.75) is 18.9 Å². The van der Waals surface area contributed by atoms with Crippen molar-refractivity contribution >= 4 is 11.6 Å². The number of anilines is 1. The molecule has 2 aliphatic rings. The van der Waals surface area contributed by atoms with Crippen molar-refractivity contribution in [3.05, 3.63) is 30.3 Å². The van der Waals surface area contributed by atoms with E-state index in [0.29, 0.717) is 24.9 Å². The van der Waals surface area contributed by atoms with Gasteiger partial charge < -0.3 is 15.5 Å². The zero-order valence-electron chi connectivity index (χ0n) is 11.2. The second-order valence-electron chi connectivity index (χ2n) is 5.58. The summed E-state index contributed by atoms with van der Waals surface area (Å²) in [4.78, 5) is 16.5. The molecule has 0 radical (unpaired) electrons. The van der Waals surface area contributed by atoms with E-state index >= 15 is 0 Å². The molecule has 0 aromatic heterocycles. The van der Waals surface area contributed by atoms with E-state index in [1.807, 2.05) is 6.07 Å². The standard InChI is InChI=1S/C15H21N3O/c16-9-12-8-15(19)18(10-12)14-6-7-17(11-14)13-4-2-1-3-5-13/h1-5,12,14H,6-11,16H2. The summed E-state index contributed by atoms with van der Waals surface area (Å²) in [6.07, 6.45) is 1.70. The molecule has 2 fully saturated rings. The van der Waals surface area contributed by atoms with Gasteiger partial charge >= 0.3 is 0 Å². The third-order valence-electron chi connectivity index (χ3n) is 4.30. The average Bonchev–Trinajstić information content (AvgIpc) is 3.06. The van der Waals surface area contributed by atoms with E-state index in [0.717, 1.165) is 26.1 Å². The summed E-state index contributed by atoms with van der Waals surface area (Å²) in [6.45, 7) is 3.46. The molecule has 2 saturated heterocycles. The second-order valence-corrected chi connectivity index (χ2v) is 5.58. The van der Waals surface area contributed by atoms with Gasteiger partial charge in [-0.1, -0.05) is 18.2 Å². The van der Waals surface area contributed by atoms with Crippen molar-refractivity contribution < 1.29 is 4.79 Å². The van der Waals surface area contributed by atoms with Crippen LogP contribution in [-0.2, 0) is 4.79 Å². The number of amides is 1. The number of nitrogens with two attached hydrogens (primary N) is 1. The molecular formula is C15H21N3O. The molecule has 0 bridgehead atoms. The Morgan fingerprint density at radius 3 is 2.68 bits per heavy atom. The Kier molecular flexibility index (Phi) is 3.42. The fourth-order valence-electron chi connectivity index (χ4n) is 3.19. The molecule has 0 aliphatic carbocycles. The van der Waals surface area contributed by atoms with Gasteiger partial charge in [0.2, 0.25) is 5.91 Å². The highest BCUT2D eigenvalue weighted by atomic mass is 16.2.